The molecule has 2 aromatic rings. The highest BCUT2D eigenvalue weighted by molar-refractivity contribution is 5.48. The molecule has 0 radical (unpaired) electrons. The number of aromatic nitrogens is 1. The minimum atomic E-state index is -1.18. The molecule has 0 aliphatic carbocycles. The normalized spacial score (nSPS) is 13.9. The molecular weight excluding hydrogens is 228 g/mol. The van der Waals surface area contributed by atoms with E-state index in [1.54, 1.807) is 44.5 Å². The molecule has 2 rings (SSSR count). The van der Waals surface area contributed by atoms with E-state index in [-0.39, 0.29) is 0 Å². The lowest BCUT2D eigenvalue weighted by atomic mass is 9.88. The highest BCUT2D eigenvalue weighted by atomic mass is 16.5. The van der Waals surface area contributed by atoms with Crippen LogP contribution < -0.4 is 10.5 Å². The molecule has 1 aromatic heterocycles. The molecule has 1 atom stereocenters. The van der Waals surface area contributed by atoms with E-state index in [0.29, 0.717) is 11.4 Å². The molecule has 3 N–H and O–H groups in total. The van der Waals surface area contributed by atoms with Crippen LogP contribution in [0.25, 0.3) is 0 Å². The van der Waals surface area contributed by atoms with Gasteiger partial charge in [0.15, 0.2) is 0 Å². The SMILES string of the molecule is COc1ccc(C(C)(O)c2cccnc2N)cc1. The van der Waals surface area contributed by atoms with Crippen molar-refractivity contribution in [2.45, 2.75) is 12.5 Å². The summed E-state index contributed by atoms with van der Waals surface area (Å²) in [6.45, 7) is 1.70. The van der Waals surface area contributed by atoms with Crippen molar-refractivity contribution in [1.82, 2.24) is 4.98 Å². The van der Waals surface area contributed by atoms with Gasteiger partial charge in [0.2, 0.25) is 0 Å². The van der Waals surface area contributed by atoms with E-state index in [2.05, 4.69) is 4.98 Å². The zero-order valence-corrected chi connectivity index (χ0v) is 10.4. The number of nitrogens with zero attached hydrogens (tertiary/aromatic N) is 1. The van der Waals surface area contributed by atoms with Crippen molar-refractivity contribution in [3.05, 3.63) is 53.7 Å². The molecule has 94 valence electrons. The van der Waals surface area contributed by atoms with E-state index in [1.807, 2.05) is 12.1 Å². The van der Waals surface area contributed by atoms with Gasteiger partial charge >= 0.3 is 0 Å². The number of aliphatic hydroxyl groups is 1. The summed E-state index contributed by atoms with van der Waals surface area (Å²) in [5.41, 5.74) is 5.96. The molecule has 0 amide bonds. The summed E-state index contributed by atoms with van der Waals surface area (Å²) >= 11 is 0. The van der Waals surface area contributed by atoms with Gasteiger partial charge in [0.1, 0.15) is 17.2 Å². The van der Waals surface area contributed by atoms with Gasteiger partial charge in [-0.1, -0.05) is 18.2 Å². The van der Waals surface area contributed by atoms with E-state index in [0.717, 1.165) is 11.3 Å². The zero-order chi connectivity index (χ0) is 13.2. The third-order valence-electron chi connectivity index (χ3n) is 3.02. The van der Waals surface area contributed by atoms with Gasteiger partial charge in [0.25, 0.3) is 0 Å². The number of rotatable bonds is 3. The average Bonchev–Trinajstić information content (AvgIpc) is 2.39. The lowest BCUT2D eigenvalue weighted by Crippen LogP contribution is -2.24. The van der Waals surface area contributed by atoms with Crippen LogP contribution in [0.15, 0.2) is 42.6 Å². The number of anilines is 1. The van der Waals surface area contributed by atoms with Crippen molar-refractivity contribution >= 4 is 5.82 Å². The summed E-state index contributed by atoms with van der Waals surface area (Å²) in [4.78, 5) is 4.00. The van der Waals surface area contributed by atoms with Crippen LogP contribution >= 0.6 is 0 Å². The molecule has 4 heteroatoms. The van der Waals surface area contributed by atoms with E-state index in [9.17, 15) is 5.11 Å². The molecule has 1 heterocycles. The van der Waals surface area contributed by atoms with Crippen molar-refractivity contribution in [3.63, 3.8) is 0 Å². The zero-order valence-electron chi connectivity index (χ0n) is 10.4. The molecule has 4 nitrogen and oxygen atoms in total. The number of nitrogen functional groups attached to an aromatic ring is 1. The van der Waals surface area contributed by atoms with Crippen LogP contribution in [-0.4, -0.2) is 17.2 Å². The van der Waals surface area contributed by atoms with Gasteiger partial charge in [-0.2, -0.15) is 0 Å². The van der Waals surface area contributed by atoms with Gasteiger partial charge < -0.3 is 15.6 Å². The number of pyridine rings is 1. The van der Waals surface area contributed by atoms with Gasteiger partial charge in [-0.3, -0.25) is 0 Å². The Morgan fingerprint density at radius 3 is 2.44 bits per heavy atom. The first-order valence-electron chi connectivity index (χ1n) is 5.63. The second-order valence-corrected chi connectivity index (χ2v) is 4.24. The molecule has 18 heavy (non-hydrogen) atoms. The summed E-state index contributed by atoms with van der Waals surface area (Å²) < 4.78 is 5.09. The largest absolute Gasteiger partial charge is 0.497 e. The molecule has 1 aromatic carbocycles. The van der Waals surface area contributed by atoms with Crippen LogP contribution in [0, 0.1) is 0 Å². The molecule has 0 fully saturated rings. The maximum Gasteiger partial charge on any atom is 0.129 e. The number of benzene rings is 1. The molecule has 0 bridgehead atoms. The predicted octanol–water partition coefficient (Wildman–Crippen LogP) is 1.93. The molecule has 1 unspecified atom stereocenters. The summed E-state index contributed by atoms with van der Waals surface area (Å²) in [6.07, 6.45) is 1.60. The Morgan fingerprint density at radius 1 is 1.22 bits per heavy atom. The maximum atomic E-state index is 10.6. The van der Waals surface area contributed by atoms with Gasteiger partial charge in [-0.25, -0.2) is 4.98 Å². The number of ether oxygens (including phenoxy) is 1. The second kappa shape index (κ2) is 4.66. The van der Waals surface area contributed by atoms with E-state index >= 15 is 0 Å². The molecular formula is C14H16N2O2. The first kappa shape index (κ1) is 12.4. The summed E-state index contributed by atoms with van der Waals surface area (Å²) in [7, 11) is 1.60. The molecule has 0 saturated heterocycles. The molecule has 0 spiro atoms. The smallest absolute Gasteiger partial charge is 0.129 e. The van der Waals surface area contributed by atoms with Crippen LogP contribution in [0.4, 0.5) is 5.82 Å². The predicted molar refractivity (Wildman–Crippen MR) is 70.3 cm³/mol. The van der Waals surface area contributed by atoms with Crippen molar-refractivity contribution < 1.29 is 9.84 Å². The fourth-order valence-electron chi connectivity index (χ4n) is 1.90. The van der Waals surface area contributed by atoms with Crippen LogP contribution in [0.5, 0.6) is 5.75 Å². The second-order valence-electron chi connectivity index (χ2n) is 4.24. The quantitative estimate of drug-likeness (QED) is 0.865. The van der Waals surface area contributed by atoms with Crippen LogP contribution in [-0.2, 0) is 5.60 Å². The Hall–Kier alpha value is -2.07. The van der Waals surface area contributed by atoms with Gasteiger partial charge in [-0.15, -0.1) is 0 Å². The maximum absolute atomic E-state index is 10.6. The first-order chi connectivity index (χ1) is 8.55. The van der Waals surface area contributed by atoms with Crippen LogP contribution in [0.3, 0.4) is 0 Å². The highest BCUT2D eigenvalue weighted by Crippen LogP contribution is 2.32. The standard InChI is InChI=1S/C14H16N2O2/c1-14(17,12-4-3-9-16-13(12)15)10-5-7-11(18-2)8-6-10/h3-9,17H,1-2H3,(H2,15,16). The first-order valence-corrected chi connectivity index (χ1v) is 5.63. The third-order valence-corrected chi connectivity index (χ3v) is 3.02. The Kier molecular flexibility index (Phi) is 3.21. The van der Waals surface area contributed by atoms with Crippen molar-refractivity contribution in [1.29, 1.82) is 0 Å². The number of nitrogens with two attached hydrogens (primary N) is 1. The third kappa shape index (κ3) is 2.15. The minimum Gasteiger partial charge on any atom is -0.497 e. The Bertz CT molecular complexity index is 536. The van der Waals surface area contributed by atoms with Crippen LogP contribution in [0.2, 0.25) is 0 Å². The van der Waals surface area contributed by atoms with Gasteiger partial charge in [0.05, 0.1) is 7.11 Å². The number of hydrogen-bond acceptors (Lipinski definition) is 4. The molecule has 0 aliphatic heterocycles. The van der Waals surface area contributed by atoms with Crippen molar-refractivity contribution in [2.24, 2.45) is 0 Å². The number of methoxy groups -OCH3 is 1. The Morgan fingerprint density at radius 2 is 1.89 bits per heavy atom. The summed E-state index contributed by atoms with van der Waals surface area (Å²) in [6, 6.07) is 10.7. The highest BCUT2D eigenvalue weighted by Gasteiger charge is 2.28. The van der Waals surface area contributed by atoms with Gasteiger partial charge in [0, 0.05) is 11.8 Å². The lowest BCUT2D eigenvalue weighted by molar-refractivity contribution is 0.103. The van der Waals surface area contributed by atoms with Gasteiger partial charge in [-0.05, 0) is 30.7 Å². The molecule has 0 saturated carbocycles. The monoisotopic (exact) mass is 244 g/mol. The average molecular weight is 244 g/mol. The van der Waals surface area contributed by atoms with E-state index in [1.165, 1.54) is 0 Å². The number of hydrogen-bond donors (Lipinski definition) is 2. The fraction of sp³-hybridized carbons (Fsp3) is 0.214. The minimum absolute atomic E-state index is 0.332. The fourth-order valence-corrected chi connectivity index (χ4v) is 1.90. The van der Waals surface area contributed by atoms with E-state index < -0.39 is 5.60 Å². The van der Waals surface area contributed by atoms with Crippen molar-refractivity contribution in [2.75, 3.05) is 12.8 Å². The van der Waals surface area contributed by atoms with E-state index in [4.69, 9.17) is 10.5 Å². The van der Waals surface area contributed by atoms with Crippen molar-refractivity contribution in [3.8, 4) is 5.75 Å². The summed E-state index contributed by atoms with van der Waals surface area (Å²) in [5, 5.41) is 10.6. The molecule has 0 aliphatic rings. The lowest BCUT2D eigenvalue weighted by Gasteiger charge is -2.25. The Balaban J connectivity index is 2.44. The summed E-state index contributed by atoms with van der Waals surface area (Å²) in [5.74, 6) is 1.08. The topological polar surface area (TPSA) is 68.4 Å². The Labute approximate surface area is 106 Å². The van der Waals surface area contributed by atoms with Crippen LogP contribution in [0.1, 0.15) is 18.1 Å².